The van der Waals surface area contributed by atoms with E-state index in [9.17, 15) is 8.42 Å². The van der Waals surface area contributed by atoms with Crippen molar-refractivity contribution in [2.75, 3.05) is 13.1 Å². The molecule has 1 aromatic rings. The second-order valence-electron chi connectivity index (χ2n) is 3.63. The summed E-state index contributed by atoms with van der Waals surface area (Å²) in [5.41, 5.74) is 0.120. The lowest BCUT2D eigenvalue weighted by Gasteiger charge is -2.10. The van der Waals surface area contributed by atoms with Gasteiger partial charge in [-0.3, -0.25) is 0 Å². The summed E-state index contributed by atoms with van der Waals surface area (Å²) in [5.74, 6) is 0. The largest absolute Gasteiger partial charge is 0.315 e. The van der Waals surface area contributed by atoms with Gasteiger partial charge in [-0.1, -0.05) is 0 Å². The van der Waals surface area contributed by atoms with E-state index in [1.807, 2.05) is 6.07 Å². The monoisotopic (exact) mass is 237 g/mol. The molecule has 0 bridgehead atoms. The third kappa shape index (κ3) is 1.79. The number of rotatable bonds is 2. The molecule has 0 radical (unpaired) electrons. The van der Waals surface area contributed by atoms with Crippen molar-refractivity contribution in [3.8, 4) is 6.07 Å². The van der Waals surface area contributed by atoms with Gasteiger partial charge in [-0.25, -0.2) is 13.4 Å². The Morgan fingerprint density at radius 1 is 1.56 bits per heavy atom. The molecule has 84 valence electrons. The van der Waals surface area contributed by atoms with E-state index in [4.69, 9.17) is 5.26 Å². The fraction of sp³-hybridized carbons (Fsp3) is 0.400. The van der Waals surface area contributed by atoms with Crippen molar-refractivity contribution in [1.82, 2.24) is 10.3 Å². The predicted molar refractivity (Wildman–Crippen MR) is 57.4 cm³/mol. The number of hydrogen-bond donors (Lipinski definition) is 1. The molecule has 1 aliphatic heterocycles. The maximum Gasteiger partial charge on any atom is 0.201 e. The Hall–Kier alpha value is -1.45. The van der Waals surface area contributed by atoms with E-state index in [-0.39, 0.29) is 10.6 Å². The van der Waals surface area contributed by atoms with Gasteiger partial charge in [0.2, 0.25) is 9.84 Å². The Morgan fingerprint density at radius 3 is 3.00 bits per heavy atom. The van der Waals surface area contributed by atoms with E-state index in [1.165, 1.54) is 12.3 Å². The van der Waals surface area contributed by atoms with Gasteiger partial charge < -0.3 is 5.32 Å². The molecule has 1 N–H and O–H groups in total. The van der Waals surface area contributed by atoms with Gasteiger partial charge in [0.05, 0.1) is 10.8 Å². The van der Waals surface area contributed by atoms with Crippen molar-refractivity contribution in [2.24, 2.45) is 0 Å². The van der Waals surface area contributed by atoms with Crippen LogP contribution in [0.15, 0.2) is 23.4 Å². The number of nitrogens with zero attached hydrogens (tertiary/aromatic N) is 2. The molecule has 2 rings (SSSR count). The molecule has 0 saturated carbocycles. The van der Waals surface area contributed by atoms with Gasteiger partial charge in [-0.15, -0.1) is 0 Å². The van der Waals surface area contributed by atoms with E-state index in [2.05, 4.69) is 10.3 Å². The topological polar surface area (TPSA) is 82.8 Å². The van der Waals surface area contributed by atoms with E-state index < -0.39 is 15.1 Å². The fourth-order valence-electron chi connectivity index (χ4n) is 1.75. The Labute approximate surface area is 94.0 Å². The minimum Gasteiger partial charge on any atom is -0.315 e. The zero-order valence-electron chi connectivity index (χ0n) is 8.55. The first kappa shape index (κ1) is 11.0. The molecular weight excluding hydrogens is 226 g/mol. The highest BCUT2D eigenvalue weighted by atomic mass is 32.2. The van der Waals surface area contributed by atoms with Crippen LogP contribution in [0.4, 0.5) is 0 Å². The van der Waals surface area contributed by atoms with Crippen molar-refractivity contribution in [3.63, 3.8) is 0 Å². The molecule has 0 unspecified atom stereocenters. The SMILES string of the molecule is N#Cc1cccnc1S(=O)(=O)[C@H]1CCNC1. The van der Waals surface area contributed by atoms with Gasteiger partial charge in [0.1, 0.15) is 6.07 Å². The Bertz CT molecular complexity index is 527. The van der Waals surface area contributed by atoms with Crippen LogP contribution >= 0.6 is 0 Å². The normalized spacial score (nSPS) is 20.6. The van der Waals surface area contributed by atoms with Gasteiger partial charge >= 0.3 is 0 Å². The lowest BCUT2D eigenvalue weighted by molar-refractivity contribution is 0.578. The first-order valence-corrected chi connectivity index (χ1v) is 6.50. The van der Waals surface area contributed by atoms with E-state index in [1.54, 1.807) is 6.07 Å². The molecular formula is C10H11N3O2S. The molecule has 1 aromatic heterocycles. The highest BCUT2D eigenvalue weighted by Gasteiger charge is 2.32. The standard InChI is InChI=1S/C10H11N3O2S/c11-6-8-2-1-4-13-10(8)16(14,15)9-3-5-12-7-9/h1-2,4,9,12H,3,5,7H2/t9-/m0/s1. The molecule has 0 spiro atoms. The smallest absolute Gasteiger partial charge is 0.201 e. The molecule has 0 aromatic carbocycles. The molecule has 2 heterocycles. The van der Waals surface area contributed by atoms with Crippen molar-refractivity contribution in [3.05, 3.63) is 23.9 Å². The number of nitriles is 1. The molecule has 0 amide bonds. The van der Waals surface area contributed by atoms with Crippen molar-refractivity contribution in [1.29, 1.82) is 5.26 Å². The Kier molecular flexibility index (Phi) is 2.90. The number of pyridine rings is 1. The van der Waals surface area contributed by atoms with Crippen LogP contribution in [0, 0.1) is 11.3 Å². The molecule has 6 heteroatoms. The van der Waals surface area contributed by atoms with Crippen molar-refractivity contribution >= 4 is 9.84 Å². The summed E-state index contributed by atoms with van der Waals surface area (Å²) < 4.78 is 24.3. The number of hydrogen-bond acceptors (Lipinski definition) is 5. The van der Waals surface area contributed by atoms with Crippen LogP contribution in [0.1, 0.15) is 12.0 Å². The van der Waals surface area contributed by atoms with Crippen LogP contribution in [-0.2, 0) is 9.84 Å². The quantitative estimate of drug-likeness (QED) is 0.788. The maximum absolute atomic E-state index is 12.2. The molecule has 1 saturated heterocycles. The fourth-order valence-corrected chi connectivity index (χ4v) is 3.46. The van der Waals surface area contributed by atoms with Crippen LogP contribution in [0.5, 0.6) is 0 Å². The number of aromatic nitrogens is 1. The van der Waals surface area contributed by atoms with E-state index in [0.717, 1.165) is 0 Å². The van der Waals surface area contributed by atoms with Crippen LogP contribution < -0.4 is 5.32 Å². The average molecular weight is 237 g/mol. The summed E-state index contributed by atoms with van der Waals surface area (Å²) in [4.78, 5) is 3.83. The summed E-state index contributed by atoms with van der Waals surface area (Å²) >= 11 is 0. The summed E-state index contributed by atoms with van der Waals surface area (Å²) in [6.07, 6.45) is 1.97. The maximum atomic E-state index is 12.2. The van der Waals surface area contributed by atoms with E-state index >= 15 is 0 Å². The number of nitrogens with one attached hydrogen (secondary N) is 1. The van der Waals surface area contributed by atoms with Gasteiger partial charge in [-0.05, 0) is 25.1 Å². The van der Waals surface area contributed by atoms with E-state index in [0.29, 0.717) is 19.5 Å². The third-order valence-electron chi connectivity index (χ3n) is 2.62. The zero-order valence-corrected chi connectivity index (χ0v) is 9.37. The molecule has 0 aliphatic carbocycles. The molecule has 1 aliphatic rings. The summed E-state index contributed by atoms with van der Waals surface area (Å²) in [6, 6.07) is 4.90. The lowest BCUT2D eigenvalue weighted by Crippen LogP contribution is -2.25. The summed E-state index contributed by atoms with van der Waals surface area (Å²) in [6.45, 7) is 1.13. The van der Waals surface area contributed by atoms with Gasteiger partial charge in [0.15, 0.2) is 5.03 Å². The second kappa shape index (κ2) is 4.20. The Morgan fingerprint density at radius 2 is 2.38 bits per heavy atom. The first-order chi connectivity index (χ1) is 7.66. The molecule has 5 nitrogen and oxygen atoms in total. The molecule has 1 fully saturated rings. The third-order valence-corrected chi connectivity index (χ3v) is 4.76. The van der Waals surface area contributed by atoms with Crippen LogP contribution in [0.25, 0.3) is 0 Å². The highest BCUT2D eigenvalue weighted by Crippen LogP contribution is 2.21. The van der Waals surface area contributed by atoms with Crippen molar-refractivity contribution in [2.45, 2.75) is 16.7 Å². The van der Waals surface area contributed by atoms with Gasteiger partial charge in [-0.2, -0.15) is 5.26 Å². The molecule has 1 atom stereocenters. The summed E-state index contributed by atoms with van der Waals surface area (Å²) in [7, 11) is -3.48. The van der Waals surface area contributed by atoms with Crippen LogP contribution in [0.3, 0.4) is 0 Å². The minimum absolute atomic E-state index is 0.0915. The van der Waals surface area contributed by atoms with Crippen LogP contribution in [0.2, 0.25) is 0 Å². The zero-order chi connectivity index (χ0) is 11.6. The Balaban J connectivity index is 2.47. The predicted octanol–water partition coefficient (Wildman–Crippen LogP) is 0.0889. The lowest BCUT2D eigenvalue weighted by atomic mass is 10.3. The second-order valence-corrected chi connectivity index (χ2v) is 5.77. The van der Waals surface area contributed by atoms with Crippen molar-refractivity contribution < 1.29 is 8.42 Å². The average Bonchev–Trinajstić information content (AvgIpc) is 2.83. The van der Waals surface area contributed by atoms with Gasteiger partial charge in [0.25, 0.3) is 0 Å². The number of sulfone groups is 1. The van der Waals surface area contributed by atoms with Gasteiger partial charge in [0, 0.05) is 12.7 Å². The van der Waals surface area contributed by atoms with Crippen LogP contribution in [-0.4, -0.2) is 31.7 Å². The minimum atomic E-state index is -3.48. The highest BCUT2D eigenvalue weighted by molar-refractivity contribution is 7.92. The summed E-state index contributed by atoms with van der Waals surface area (Å²) in [5, 5.41) is 11.3. The first-order valence-electron chi connectivity index (χ1n) is 4.96. The molecule has 16 heavy (non-hydrogen) atoms.